The van der Waals surface area contributed by atoms with Crippen LogP contribution in [0.25, 0.3) is 10.2 Å². The summed E-state index contributed by atoms with van der Waals surface area (Å²) in [4.78, 5) is 11.4. The number of allylic oxidation sites excluding steroid dienone is 4. The molecule has 4 nitrogen and oxygen atoms in total. The highest BCUT2D eigenvalue weighted by atomic mass is 32.1. The molecule has 22 heavy (non-hydrogen) atoms. The number of fused-ring (bicyclic) bond motifs is 3. The fraction of sp³-hybridized carbons (Fsp3) is 0.353. The van der Waals surface area contributed by atoms with Crippen LogP contribution in [0.1, 0.15) is 36.1 Å². The van der Waals surface area contributed by atoms with Gasteiger partial charge in [0, 0.05) is 4.88 Å². The molecular formula is C17H18N4S. The summed E-state index contributed by atoms with van der Waals surface area (Å²) in [6.07, 6.45) is 16.9. The molecule has 0 bridgehead atoms. The molecule has 0 saturated carbocycles. The summed E-state index contributed by atoms with van der Waals surface area (Å²) in [6.45, 7) is 0. The molecule has 0 saturated heterocycles. The van der Waals surface area contributed by atoms with Crippen LogP contribution in [0.5, 0.6) is 0 Å². The van der Waals surface area contributed by atoms with Crippen molar-refractivity contribution in [2.45, 2.75) is 38.5 Å². The van der Waals surface area contributed by atoms with Crippen molar-refractivity contribution in [1.82, 2.24) is 9.97 Å². The Morgan fingerprint density at radius 2 is 2.14 bits per heavy atom. The van der Waals surface area contributed by atoms with Crippen LogP contribution < -0.4 is 5.43 Å². The smallest absolute Gasteiger partial charge is 0.158 e. The van der Waals surface area contributed by atoms with Crippen LogP contribution in [0, 0.1) is 0 Å². The van der Waals surface area contributed by atoms with Gasteiger partial charge in [0.25, 0.3) is 0 Å². The second-order valence-electron chi connectivity index (χ2n) is 5.69. The number of anilines is 1. The van der Waals surface area contributed by atoms with Crippen LogP contribution in [0.3, 0.4) is 0 Å². The monoisotopic (exact) mass is 310 g/mol. The molecule has 2 aliphatic rings. The first-order chi connectivity index (χ1) is 10.9. The molecule has 0 unspecified atom stereocenters. The molecule has 112 valence electrons. The molecule has 2 aliphatic carbocycles. The highest BCUT2D eigenvalue weighted by Crippen LogP contribution is 2.38. The van der Waals surface area contributed by atoms with Gasteiger partial charge in [-0.2, -0.15) is 5.10 Å². The molecule has 0 amide bonds. The minimum absolute atomic E-state index is 0.840. The molecule has 2 aromatic rings. The minimum Gasteiger partial charge on any atom is -0.261 e. The van der Waals surface area contributed by atoms with Gasteiger partial charge in [0.2, 0.25) is 0 Å². The Bertz CT molecular complexity index is 785. The SMILES string of the molecule is C1=CCCC(/C=N/Nc2ncnc3sc4c(c23)CCCC4)=C1. The molecule has 0 radical (unpaired) electrons. The first-order valence-electron chi connectivity index (χ1n) is 7.82. The van der Waals surface area contributed by atoms with E-state index in [0.29, 0.717) is 0 Å². The lowest BCUT2D eigenvalue weighted by molar-refractivity contribution is 0.700. The van der Waals surface area contributed by atoms with Gasteiger partial charge in [-0.25, -0.2) is 9.97 Å². The van der Waals surface area contributed by atoms with E-state index in [1.807, 2.05) is 17.6 Å². The second-order valence-corrected chi connectivity index (χ2v) is 6.78. The fourth-order valence-corrected chi connectivity index (χ4v) is 4.31. The van der Waals surface area contributed by atoms with E-state index in [-0.39, 0.29) is 0 Å². The van der Waals surface area contributed by atoms with Gasteiger partial charge in [-0.1, -0.05) is 18.2 Å². The van der Waals surface area contributed by atoms with Gasteiger partial charge in [0.1, 0.15) is 11.2 Å². The summed E-state index contributed by atoms with van der Waals surface area (Å²) < 4.78 is 0. The molecule has 0 aromatic carbocycles. The largest absolute Gasteiger partial charge is 0.261 e. The summed E-state index contributed by atoms with van der Waals surface area (Å²) in [6, 6.07) is 0. The summed E-state index contributed by atoms with van der Waals surface area (Å²) in [7, 11) is 0. The number of hydrogen-bond donors (Lipinski definition) is 1. The van der Waals surface area contributed by atoms with E-state index in [9.17, 15) is 0 Å². The molecule has 0 spiro atoms. The van der Waals surface area contributed by atoms with Crippen molar-refractivity contribution in [2.24, 2.45) is 5.10 Å². The molecule has 4 rings (SSSR count). The van der Waals surface area contributed by atoms with Crippen molar-refractivity contribution in [3.05, 3.63) is 40.6 Å². The van der Waals surface area contributed by atoms with Gasteiger partial charge in [-0.15, -0.1) is 11.3 Å². The van der Waals surface area contributed by atoms with Crippen LogP contribution in [-0.4, -0.2) is 16.2 Å². The maximum absolute atomic E-state index is 4.44. The number of thiophene rings is 1. The van der Waals surface area contributed by atoms with Gasteiger partial charge in [-0.3, -0.25) is 5.43 Å². The molecule has 0 aliphatic heterocycles. The number of nitrogens with zero attached hydrogens (tertiary/aromatic N) is 3. The zero-order chi connectivity index (χ0) is 14.8. The van der Waals surface area contributed by atoms with Gasteiger partial charge in [0.15, 0.2) is 5.82 Å². The van der Waals surface area contributed by atoms with Crippen molar-refractivity contribution in [2.75, 3.05) is 5.43 Å². The van der Waals surface area contributed by atoms with Gasteiger partial charge >= 0.3 is 0 Å². The highest BCUT2D eigenvalue weighted by Gasteiger charge is 2.19. The van der Waals surface area contributed by atoms with Crippen LogP contribution in [0.4, 0.5) is 5.82 Å². The Hall–Kier alpha value is -2.01. The second kappa shape index (κ2) is 6.01. The summed E-state index contributed by atoms with van der Waals surface area (Å²) >= 11 is 1.81. The molecule has 5 heteroatoms. The predicted octanol–water partition coefficient (Wildman–Crippen LogP) is 4.24. The van der Waals surface area contributed by atoms with Gasteiger partial charge in [-0.05, 0) is 49.7 Å². The van der Waals surface area contributed by atoms with Crippen molar-refractivity contribution in [3.8, 4) is 0 Å². The Kier molecular flexibility index (Phi) is 3.72. The maximum atomic E-state index is 4.44. The average Bonchev–Trinajstić information content (AvgIpc) is 2.95. The molecule has 2 aromatic heterocycles. The van der Waals surface area contributed by atoms with Gasteiger partial charge < -0.3 is 0 Å². The summed E-state index contributed by atoms with van der Waals surface area (Å²) in [5.41, 5.74) is 5.81. The third kappa shape index (κ3) is 2.57. The van der Waals surface area contributed by atoms with Crippen LogP contribution in [0.2, 0.25) is 0 Å². The first kappa shape index (κ1) is 13.6. The molecule has 1 N–H and O–H groups in total. The van der Waals surface area contributed by atoms with Crippen LogP contribution in [0.15, 0.2) is 35.2 Å². The van der Waals surface area contributed by atoms with Crippen molar-refractivity contribution >= 4 is 33.6 Å². The Morgan fingerprint density at radius 3 is 3.05 bits per heavy atom. The standard InChI is InChI=1S/C17H18N4S/c1-2-6-12(7-3-1)10-20-21-16-15-13-8-4-5-9-14(13)22-17(15)19-11-18-16/h1-2,6,10-11H,3-5,7-9H2,(H,18,19,21)/b20-10+. The third-order valence-corrected chi connectivity index (χ3v) is 5.40. The Labute approximate surface area is 133 Å². The van der Waals surface area contributed by atoms with E-state index in [1.165, 1.54) is 40.7 Å². The van der Waals surface area contributed by atoms with Crippen LogP contribution >= 0.6 is 11.3 Å². The van der Waals surface area contributed by atoms with E-state index in [0.717, 1.165) is 29.9 Å². The number of hydrazone groups is 1. The minimum atomic E-state index is 0.840. The summed E-state index contributed by atoms with van der Waals surface area (Å²) in [5, 5.41) is 5.56. The predicted molar refractivity (Wildman–Crippen MR) is 92.6 cm³/mol. The number of aromatic nitrogens is 2. The van der Waals surface area contributed by atoms with Crippen molar-refractivity contribution < 1.29 is 0 Å². The zero-order valence-electron chi connectivity index (χ0n) is 12.4. The third-order valence-electron chi connectivity index (χ3n) is 4.20. The number of aryl methyl sites for hydroxylation is 2. The average molecular weight is 310 g/mol. The zero-order valence-corrected chi connectivity index (χ0v) is 13.2. The lowest BCUT2D eigenvalue weighted by Gasteiger charge is -2.11. The first-order valence-corrected chi connectivity index (χ1v) is 8.63. The Morgan fingerprint density at radius 1 is 1.18 bits per heavy atom. The van der Waals surface area contributed by atoms with E-state index in [4.69, 9.17) is 0 Å². The fourth-order valence-electron chi connectivity index (χ4n) is 3.08. The summed E-state index contributed by atoms with van der Waals surface area (Å²) in [5.74, 6) is 0.840. The Balaban J connectivity index is 1.64. The molecule has 0 fully saturated rings. The molecule has 0 atom stereocenters. The van der Waals surface area contributed by atoms with Crippen molar-refractivity contribution in [1.29, 1.82) is 0 Å². The van der Waals surface area contributed by atoms with E-state index in [2.05, 4.69) is 38.7 Å². The van der Waals surface area contributed by atoms with Crippen LogP contribution in [-0.2, 0) is 12.8 Å². The number of rotatable bonds is 3. The maximum Gasteiger partial charge on any atom is 0.158 e. The van der Waals surface area contributed by atoms with E-state index in [1.54, 1.807) is 6.33 Å². The number of nitrogens with one attached hydrogen (secondary N) is 1. The molecular weight excluding hydrogens is 292 g/mol. The normalized spacial score (nSPS) is 17.7. The van der Waals surface area contributed by atoms with E-state index < -0.39 is 0 Å². The quantitative estimate of drug-likeness (QED) is 0.681. The topological polar surface area (TPSA) is 50.2 Å². The van der Waals surface area contributed by atoms with E-state index >= 15 is 0 Å². The van der Waals surface area contributed by atoms with Crippen molar-refractivity contribution in [3.63, 3.8) is 0 Å². The lowest BCUT2D eigenvalue weighted by atomic mass is 9.97. The highest BCUT2D eigenvalue weighted by molar-refractivity contribution is 7.19. The lowest BCUT2D eigenvalue weighted by Crippen LogP contribution is -2.01. The number of hydrogen-bond acceptors (Lipinski definition) is 5. The van der Waals surface area contributed by atoms with Gasteiger partial charge in [0.05, 0.1) is 11.6 Å². The molecule has 2 heterocycles.